The van der Waals surface area contributed by atoms with Gasteiger partial charge in [-0.1, -0.05) is 13.3 Å². The molecule has 0 aromatic heterocycles. The maximum atomic E-state index is 13.3. The van der Waals surface area contributed by atoms with Crippen molar-refractivity contribution < 1.29 is 9.31 Å². The molecule has 1 saturated carbocycles. The molecule has 0 radical (unpaired) electrons. The first-order valence-corrected chi connectivity index (χ1v) is 6.65. The van der Waals surface area contributed by atoms with Gasteiger partial charge in [-0.05, 0) is 43.7 Å². The quantitative estimate of drug-likeness (QED) is 0.672. The van der Waals surface area contributed by atoms with Crippen molar-refractivity contribution in [3.8, 4) is 0 Å². The summed E-state index contributed by atoms with van der Waals surface area (Å²) >= 11 is 0. The molecule has 104 valence electrons. The van der Waals surface area contributed by atoms with Gasteiger partial charge < -0.3 is 5.73 Å². The fraction of sp³-hybridized carbons (Fsp3) is 0.571. The van der Waals surface area contributed by atoms with Crippen LogP contribution in [0.15, 0.2) is 18.2 Å². The van der Waals surface area contributed by atoms with Crippen LogP contribution in [0.5, 0.6) is 0 Å². The average Bonchev–Trinajstić information content (AvgIpc) is 2.70. The lowest BCUT2D eigenvalue weighted by atomic mass is 9.88. The molecular formula is C14H19FN2O2. The molecule has 2 atom stereocenters. The van der Waals surface area contributed by atoms with Crippen LogP contribution in [-0.4, -0.2) is 10.5 Å². The molecule has 2 rings (SSSR count). The molecule has 5 heteroatoms. The van der Waals surface area contributed by atoms with E-state index in [1.165, 1.54) is 12.1 Å². The van der Waals surface area contributed by atoms with Crippen LogP contribution >= 0.6 is 0 Å². The summed E-state index contributed by atoms with van der Waals surface area (Å²) in [5, 5.41) is 11.0. The Morgan fingerprint density at radius 2 is 2.32 bits per heavy atom. The Kier molecular flexibility index (Phi) is 3.85. The second-order valence-corrected chi connectivity index (χ2v) is 5.59. The zero-order valence-corrected chi connectivity index (χ0v) is 11.1. The summed E-state index contributed by atoms with van der Waals surface area (Å²) in [6.45, 7) is 2.13. The number of nitrogens with two attached hydrogens (primary N) is 1. The summed E-state index contributed by atoms with van der Waals surface area (Å²) in [5.41, 5.74) is 6.27. The van der Waals surface area contributed by atoms with Crippen molar-refractivity contribution in [2.45, 2.75) is 44.6 Å². The SMILES string of the molecule is CCC1CCC(N)(Cc2cc(F)ccc2[N+](=O)[O-])C1. The highest BCUT2D eigenvalue weighted by Crippen LogP contribution is 2.38. The van der Waals surface area contributed by atoms with E-state index in [9.17, 15) is 14.5 Å². The minimum Gasteiger partial charge on any atom is -0.325 e. The Hall–Kier alpha value is -1.49. The number of nitrogens with zero attached hydrogens (tertiary/aromatic N) is 1. The fourth-order valence-electron chi connectivity index (χ4n) is 3.03. The van der Waals surface area contributed by atoms with Crippen molar-refractivity contribution in [1.29, 1.82) is 0 Å². The molecule has 1 aromatic rings. The molecular weight excluding hydrogens is 247 g/mol. The van der Waals surface area contributed by atoms with Crippen molar-refractivity contribution in [1.82, 2.24) is 0 Å². The highest BCUT2D eigenvalue weighted by molar-refractivity contribution is 5.41. The van der Waals surface area contributed by atoms with Gasteiger partial charge in [-0.25, -0.2) is 4.39 Å². The minimum atomic E-state index is -0.468. The van der Waals surface area contributed by atoms with Crippen LogP contribution in [0.25, 0.3) is 0 Å². The second kappa shape index (κ2) is 5.25. The Labute approximate surface area is 112 Å². The van der Waals surface area contributed by atoms with E-state index in [0.717, 1.165) is 31.7 Å². The van der Waals surface area contributed by atoms with Crippen molar-refractivity contribution in [2.75, 3.05) is 0 Å². The first-order chi connectivity index (χ1) is 8.93. The first-order valence-electron chi connectivity index (χ1n) is 6.65. The molecule has 2 N–H and O–H groups in total. The maximum absolute atomic E-state index is 13.3. The van der Waals surface area contributed by atoms with Gasteiger partial charge in [0.1, 0.15) is 5.82 Å². The number of benzene rings is 1. The van der Waals surface area contributed by atoms with Crippen LogP contribution < -0.4 is 5.73 Å². The van der Waals surface area contributed by atoms with Gasteiger partial charge in [0.25, 0.3) is 5.69 Å². The fourth-order valence-corrected chi connectivity index (χ4v) is 3.03. The smallest absolute Gasteiger partial charge is 0.272 e. The molecule has 0 spiro atoms. The number of halogens is 1. The highest BCUT2D eigenvalue weighted by atomic mass is 19.1. The van der Waals surface area contributed by atoms with Crippen LogP contribution in [0.4, 0.5) is 10.1 Å². The number of nitro benzene ring substituents is 1. The lowest BCUT2D eigenvalue weighted by Crippen LogP contribution is -2.39. The Morgan fingerprint density at radius 1 is 1.58 bits per heavy atom. The third kappa shape index (κ3) is 3.10. The summed E-state index contributed by atoms with van der Waals surface area (Å²) in [7, 11) is 0. The Morgan fingerprint density at radius 3 is 2.89 bits per heavy atom. The normalized spacial score (nSPS) is 26.6. The average molecular weight is 266 g/mol. The Bertz CT molecular complexity index is 492. The van der Waals surface area contributed by atoms with Crippen LogP contribution in [-0.2, 0) is 6.42 Å². The van der Waals surface area contributed by atoms with E-state index in [0.29, 0.717) is 17.9 Å². The molecule has 1 aliphatic carbocycles. The van der Waals surface area contributed by atoms with E-state index in [4.69, 9.17) is 5.73 Å². The van der Waals surface area contributed by atoms with Crippen molar-refractivity contribution in [2.24, 2.45) is 11.7 Å². The van der Waals surface area contributed by atoms with Gasteiger partial charge in [0.15, 0.2) is 0 Å². The number of hydrogen-bond donors (Lipinski definition) is 1. The second-order valence-electron chi connectivity index (χ2n) is 5.59. The lowest BCUT2D eigenvalue weighted by Gasteiger charge is -2.24. The van der Waals surface area contributed by atoms with Crippen molar-refractivity contribution >= 4 is 5.69 Å². The molecule has 0 saturated heterocycles. The van der Waals surface area contributed by atoms with Crippen LogP contribution in [0, 0.1) is 21.8 Å². The van der Waals surface area contributed by atoms with Gasteiger partial charge in [-0.2, -0.15) is 0 Å². The first kappa shape index (κ1) is 13.9. The van der Waals surface area contributed by atoms with E-state index in [1.807, 2.05) is 0 Å². The number of nitro groups is 1. The zero-order chi connectivity index (χ0) is 14.0. The summed E-state index contributed by atoms with van der Waals surface area (Å²) in [4.78, 5) is 10.5. The topological polar surface area (TPSA) is 69.2 Å². The largest absolute Gasteiger partial charge is 0.325 e. The van der Waals surface area contributed by atoms with Gasteiger partial charge in [-0.3, -0.25) is 10.1 Å². The number of hydrogen-bond acceptors (Lipinski definition) is 3. The molecule has 0 aliphatic heterocycles. The molecule has 0 bridgehead atoms. The Balaban J connectivity index is 2.23. The van der Waals surface area contributed by atoms with E-state index in [-0.39, 0.29) is 5.69 Å². The van der Waals surface area contributed by atoms with Gasteiger partial charge in [0.2, 0.25) is 0 Å². The van der Waals surface area contributed by atoms with Gasteiger partial charge in [-0.15, -0.1) is 0 Å². The van der Waals surface area contributed by atoms with Crippen molar-refractivity contribution in [3.05, 3.63) is 39.7 Å². The molecule has 2 unspecified atom stereocenters. The summed E-state index contributed by atoms with van der Waals surface area (Å²) in [5.74, 6) is 0.131. The molecule has 1 aromatic carbocycles. The third-order valence-corrected chi connectivity index (χ3v) is 4.10. The predicted octanol–water partition coefficient (Wildman–Crippen LogP) is 3.18. The number of rotatable bonds is 4. The summed E-state index contributed by atoms with van der Waals surface area (Å²) in [6, 6.07) is 3.58. The van der Waals surface area contributed by atoms with E-state index >= 15 is 0 Å². The van der Waals surface area contributed by atoms with Gasteiger partial charge in [0, 0.05) is 17.2 Å². The van der Waals surface area contributed by atoms with Crippen LogP contribution in [0.3, 0.4) is 0 Å². The molecule has 19 heavy (non-hydrogen) atoms. The van der Waals surface area contributed by atoms with Gasteiger partial charge in [0.05, 0.1) is 4.92 Å². The van der Waals surface area contributed by atoms with E-state index in [1.54, 1.807) is 0 Å². The summed E-state index contributed by atoms with van der Waals surface area (Å²) < 4.78 is 13.3. The third-order valence-electron chi connectivity index (χ3n) is 4.10. The molecule has 0 heterocycles. The van der Waals surface area contributed by atoms with Crippen LogP contribution in [0.1, 0.15) is 38.2 Å². The maximum Gasteiger partial charge on any atom is 0.272 e. The van der Waals surface area contributed by atoms with Crippen LogP contribution in [0.2, 0.25) is 0 Å². The van der Waals surface area contributed by atoms with E-state index in [2.05, 4.69) is 6.92 Å². The van der Waals surface area contributed by atoms with E-state index < -0.39 is 16.3 Å². The van der Waals surface area contributed by atoms with Crippen molar-refractivity contribution in [3.63, 3.8) is 0 Å². The molecule has 1 aliphatic rings. The standard InChI is InChI=1S/C14H19FN2O2/c1-2-10-5-6-14(16,8-10)9-11-7-12(15)3-4-13(11)17(18)19/h3-4,7,10H,2,5-6,8-9,16H2,1H3. The summed E-state index contributed by atoms with van der Waals surface area (Å²) in [6.07, 6.45) is 4.20. The molecule has 4 nitrogen and oxygen atoms in total. The van der Waals surface area contributed by atoms with Gasteiger partial charge >= 0.3 is 0 Å². The highest BCUT2D eigenvalue weighted by Gasteiger charge is 2.36. The lowest BCUT2D eigenvalue weighted by molar-refractivity contribution is -0.385. The minimum absolute atomic E-state index is 0.0360. The monoisotopic (exact) mass is 266 g/mol. The predicted molar refractivity (Wildman–Crippen MR) is 71.3 cm³/mol. The molecule has 1 fully saturated rings. The molecule has 0 amide bonds. The zero-order valence-electron chi connectivity index (χ0n) is 11.1.